The van der Waals surface area contributed by atoms with E-state index in [1.807, 2.05) is 12.2 Å². The van der Waals surface area contributed by atoms with Crippen molar-refractivity contribution in [3.63, 3.8) is 0 Å². The first-order valence-corrected chi connectivity index (χ1v) is 4.40. The van der Waals surface area contributed by atoms with Crippen molar-refractivity contribution in [1.82, 2.24) is 0 Å². The van der Waals surface area contributed by atoms with Gasteiger partial charge < -0.3 is 4.74 Å². The van der Waals surface area contributed by atoms with Gasteiger partial charge in [-0.2, -0.15) is 0 Å². The van der Waals surface area contributed by atoms with Crippen molar-refractivity contribution in [2.45, 2.75) is 12.8 Å². The Morgan fingerprint density at radius 2 is 2.00 bits per heavy atom. The number of hydrogen-bond acceptors (Lipinski definition) is 1. The topological polar surface area (TPSA) is 9.23 Å². The van der Waals surface area contributed by atoms with E-state index in [0.29, 0.717) is 5.92 Å². The highest BCUT2D eigenvalue weighted by Gasteiger charge is 2.14. The first-order valence-electron chi connectivity index (χ1n) is 4.40. The third-order valence-corrected chi connectivity index (χ3v) is 2.19. The molecule has 1 nitrogen and oxygen atoms in total. The fourth-order valence-corrected chi connectivity index (χ4v) is 1.40. The average Bonchev–Trinajstić information content (AvgIpc) is 2.15. The molecular weight excluding hydrogens is 148 g/mol. The largest absolute Gasteiger partial charge is 0.381 e. The average molecular weight is 164 g/mol. The highest BCUT2D eigenvalue weighted by molar-refractivity contribution is 5.21. The molecule has 0 aromatic heterocycles. The van der Waals surface area contributed by atoms with Crippen LogP contribution in [-0.4, -0.2) is 13.2 Å². The number of rotatable bonds is 3. The molecule has 12 heavy (non-hydrogen) atoms. The van der Waals surface area contributed by atoms with Gasteiger partial charge in [0.2, 0.25) is 0 Å². The van der Waals surface area contributed by atoms with Crippen LogP contribution in [0.1, 0.15) is 12.8 Å². The van der Waals surface area contributed by atoms with Crippen LogP contribution < -0.4 is 0 Å². The van der Waals surface area contributed by atoms with Crippen molar-refractivity contribution in [3.05, 3.63) is 37.0 Å². The zero-order chi connectivity index (χ0) is 8.81. The van der Waals surface area contributed by atoms with Crippen molar-refractivity contribution in [1.29, 1.82) is 0 Å². The third kappa shape index (κ3) is 2.67. The second-order valence-electron chi connectivity index (χ2n) is 3.06. The molecule has 66 valence electrons. The van der Waals surface area contributed by atoms with Gasteiger partial charge in [-0.15, -0.1) is 0 Å². The van der Waals surface area contributed by atoms with Gasteiger partial charge in [0.15, 0.2) is 0 Å². The van der Waals surface area contributed by atoms with Gasteiger partial charge in [0.1, 0.15) is 0 Å². The maximum atomic E-state index is 5.27. The molecule has 1 heterocycles. The van der Waals surface area contributed by atoms with Crippen LogP contribution in [0.2, 0.25) is 0 Å². The fourth-order valence-electron chi connectivity index (χ4n) is 1.40. The van der Waals surface area contributed by atoms with E-state index in [1.54, 1.807) is 6.08 Å². The van der Waals surface area contributed by atoms with Gasteiger partial charge in [0, 0.05) is 13.2 Å². The summed E-state index contributed by atoms with van der Waals surface area (Å²) in [5.41, 5.74) is 1.21. The minimum atomic E-state index is 0.620. The Morgan fingerprint density at radius 1 is 1.33 bits per heavy atom. The monoisotopic (exact) mass is 164 g/mol. The highest BCUT2D eigenvalue weighted by Crippen LogP contribution is 2.22. The van der Waals surface area contributed by atoms with Crippen LogP contribution in [0.4, 0.5) is 0 Å². The molecular formula is C11H16O. The zero-order valence-electron chi connectivity index (χ0n) is 7.46. The molecule has 0 spiro atoms. The summed E-state index contributed by atoms with van der Waals surface area (Å²) >= 11 is 0. The molecule has 0 unspecified atom stereocenters. The Balaban J connectivity index is 2.39. The van der Waals surface area contributed by atoms with Gasteiger partial charge in [-0.3, -0.25) is 0 Å². The molecule has 0 aliphatic carbocycles. The summed E-state index contributed by atoms with van der Waals surface area (Å²) < 4.78 is 5.27. The summed E-state index contributed by atoms with van der Waals surface area (Å²) in [6.45, 7) is 9.41. The lowest BCUT2D eigenvalue weighted by Gasteiger charge is -2.22. The van der Waals surface area contributed by atoms with E-state index in [0.717, 1.165) is 26.1 Å². The lowest BCUT2D eigenvalue weighted by Crippen LogP contribution is -2.16. The molecule has 1 saturated heterocycles. The second kappa shape index (κ2) is 4.94. The molecule has 1 heteroatoms. The fraction of sp³-hybridized carbons (Fsp3) is 0.455. The molecule has 0 bridgehead atoms. The summed E-state index contributed by atoms with van der Waals surface area (Å²) in [5, 5.41) is 0. The molecule has 0 atom stereocenters. The van der Waals surface area contributed by atoms with Crippen molar-refractivity contribution in [3.8, 4) is 0 Å². The summed E-state index contributed by atoms with van der Waals surface area (Å²) in [4.78, 5) is 0. The highest BCUT2D eigenvalue weighted by atomic mass is 16.5. The van der Waals surface area contributed by atoms with Crippen molar-refractivity contribution >= 4 is 0 Å². The molecule has 0 N–H and O–H groups in total. The molecule has 1 aliphatic heterocycles. The van der Waals surface area contributed by atoms with Crippen LogP contribution in [0.5, 0.6) is 0 Å². The number of hydrogen-bond donors (Lipinski definition) is 0. The lowest BCUT2D eigenvalue weighted by atomic mass is 9.92. The molecule has 1 rings (SSSR count). The summed E-state index contributed by atoms with van der Waals surface area (Å²) in [7, 11) is 0. The smallest absolute Gasteiger partial charge is 0.0471 e. The van der Waals surface area contributed by atoms with Gasteiger partial charge in [0.25, 0.3) is 0 Å². The molecule has 0 radical (unpaired) electrons. The molecule has 0 aromatic rings. The standard InChI is InChI=1S/C11H16O/c1-3-4-5-10(2)11-6-8-12-9-7-11/h3-5,11H,1-2,6-9H2/b5-4-. The number of allylic oxidation sites excluding steroid dienone is 4. The lowest BCUT2D eigenvalue weighted by molar-refractivity contribution is 0.0767. The SMILES string of the molecule is C=C/C=C\C(=C)C1CCOCC1. The first kappa shape index (κ1) is 9.27. The maximum Gasteiger partial charge on any atom is 0.0471 e. The zero-order valence-corrected chi connectivity index (χ0v) is 7.46. The van der Waals surface area contributed by atoms with E-state index in [-0.39, 0.29) is 0 Å². The van der Waals surface area contributed by atoms with Gasteiger partial charge >= 0.3 is 0 Å². The Bertz CT molecular complexity index is 185. The molecule has 0 aromatic carbocycles. The van der Waals surface area contributed by atoms with Crippen LogP contribution in [-0.2, 0) is 4.74 Å². The van der Waals surface area contributed by atoms with Gasteiger partial charge in [-0.25, -0.2) is 0 Å². The van der Waals surface area contributed by atoms with Crippen molar-refractivity contribution in [2.75, 3.05) is 13.2 Å². The molecule has 0 saturated carbocycles. The van der Waals surface area contributed by atoms with Crippen molar-refractivity contribution < 1.29 is 4.74 Å². The Morgan fingerprint density at radius 3 is 2.58 bits per heavy atom. The predicted molar refractivity (Wildman–Crippen MR) is 52.0 cm³/mol. The predicted octanol–water partition coefficient (Wildman–Crippen LogP) is 2.71. The summed E-state index contributed by atoms with van der Waals surface area (Å²) in [6.07, 6.45) is 7.99. The Kier molecular flexibility index (Phi) is 3.81. The van der Waals surface area contributed by atoms with Gasteiger partial charge in [0.05, 0.1) is 0 Å². The first-order chi connectivity index (χ1) is 5.84. The van der Waals surface area contributed by atoms with E-state index in [1.165, 1.54) is 5.57 Å². The second-order valence-corrected chi connectivity index (χ2v) is 3.06. The number of ether oxygens (including phenoxy) is 1. The van der Waals surface area contributed by atoms with E-state index in [2.05, 4.69) is 13.2 Å². The van der Waals surface area contributed by atoms with E-state index < -0.39 is 0 Å². The van der Waals surface area contributed by atoms with E-state index >= 15 is 0 Å². The van der Waals surface area contributed by atoms with Crippen LogP contribution in [0.3, 0.4) is 0 Å². The van der Waals surface area contributed by atoms with Crippen LogP contribution >= 0.6 is 0 Å². The van der Waals surface area contributed by atoms with E-state index in [9.17, 15) is 0 Å². The minimum absolute atomic E-state index is 0.620. The molecule has 1 fully saturated rings. The normalized spacial score (nSPS) is 19.7. The third-order valence-electron chi connectivity index (χ3n) is 2.19. The Hall–Kier alpha value is -0.820. The van der Waals surface area contributed by atoms with Crippen LogP contribution in [0.15, 0.2) is 37.0 Å². The van der Waals surface area contributed by atoms with E-state index in [4.69, 9.17) is 4.74 Å². The molecule has 1 aliphatic rings. The quantitative estimate of drug-likeness (QED) is 0.583. The minimum Gasteiger partial charge on any atom is -0.381 e. The van der Waals surface area contributed by atoms with Crippen LogP contribution in [0.25, 0.3) is 0 Å². The van der Waals surface area contributed by atoms with Gasteiger partial charge in [-0.05, 0) is 18.8 Å². The molecule has 0 amide bonds. The van der Waals surface area contributed by atoms with Crippen LogP contribution in [0, 0.1) is 5.92 Å². The maximum absolute atomic E-state index is 5.27. The van der Waals surface area contributed by atoms with Crippen molar-refractivity contribution in [2.24, 2.45) is 5.92 Å². The summed E-state index contributed by atoms with van der Waals surface area (Å²) in [5.74, 6) is 0.620. The van der Waals surface area contributed by atoms with Gasteiger partial charge in [-0.1, -0.05) is 37.0 Å². The Labute approximate surface area is 74.4 Å². The summed E-state index contributed by atoms with van der Waals surface area (Å²) in [6, 6.07) is 0.